The van der Waals surface area contributed by atoms with Gasteiger partial charge in [0.15, 0.2) is 0 Å². The van der Waals surface area contributed by atoms with Gasteiger partial charge in [-0.15, -0.1) is 0 Å². The quantitative estimate of drug-likeness (QED) is 0.840. The average Bonchev–Trinajstić information content (AvgIpc) is 2.23. The van der Waals surface area contributed by atoms with E-state index in [-0.39, 0.29) is 5.75 Å². The van der Waals surface area contributed by atoms with Gasteiger partial charge in [0, 0.05) is 12.1 Å². The molecule has 0 aliphatic carbocycles. The van der Waals surface area contributed by atoms with Gasteiger partial charge in [0.05, 0.1) is 5.92 Å². The van der Waals surface area contributed by atoms with Gasteiger partial charge in [-0.05, 0) is 33.0 Å². The van der Waals surface area contributed by atoms with Gasteiger partial charge in [0.25, 0.3) is 0 Å². The van der Waals surface area contributed by atoms with Crippen LogP contribution < -0.4 is 0 Å². The molecule has 1 aromatic rings. The smallest absolute Gasteiger partial charge is 0.306 e. The normalized spacial score (nSPS) is 12.7. The molecule has 1 unspecified atom stereocenters. The number of aryl methyl sites for hydroxylation is 1. The summed E-state index contributed by atoms with van der Waals surface area (Å²) in [5.41, 5.74) is 2.59. The maximum Gasteiger partial charge on any atom is 0.306 e. The summed E-state index contributed by atoms with van der Waals surface area (Å²) >= 11 is 0. The third-order valence-electron chi connectivity index (χ3n) is 2.85. The molecule has 0 fully saturated rings. The third-order valence-corrected chi connectivity index (χ3v) is 2.85. The summed E-state index contributed by atoms with van der Waals surface area (Å²) in [5.74, 6) is -1.11. The molecule has 100 valence electrons. The van der Waals surface area contributed by atoms with Crippen molar-refractivity contribution in [3.05, 3.63) is 28.8 Å². The second-order valence-electron chi connectivity index (χ2n) is 5.11. The van der Waals surface area contributed by atoms with Gasteiger partial charge in [0.1, 0.15) is 5.75 Å². The van der Waals surface area contributed by atoms with Crippen molar-refractivity contribution in [3.63, 3.8) is 0 Å². The summed E-state index contributed by atoms with van der Waals surface area (Å²) in [4.78, 5) is 12.8. The van der Waals surface area contributed by atoms with E-state index in [1.807, 2.05) is 38.1 Å². The standard InChI is InChI=1S/C14H21NO3/c1-9-5-11(7-10(2)14(17)18)13(16)12(6-9)8-15(3)4/h5-6,10,16H,7-8H2,1-4H3,(H,17,18). The van der Waals surface area contributed by atoms with Gasteiger partial charge >= 0.3 is 5.97 Å². The molecule has 4 heteroatoms. The molecule has 1 atom stereocenters. The molecule has 2 N–H and O–H groups in total. The van der Waals surface area contributed by atoms with Crippen molar-refractivity contribution >= 4 is 5.97 Å². The minimum Gasteiger partial charge on any atom is -0.507 e. The van der Waals surface area contributed by atoms with Crippen LogP contribution in [0.3, 0.4) is 0 Å². The summed E-state index contributed by atoms with van der Waals surface area (Å²) in [6.07, 6.45) is 0.350. The van der Waals surface area contributed by atoms with Crippen LogP contribution >= 0.6 is 0 Å². The Kier molecular flexibility index (Phi) is 4.73. The monoisotopic (exact) mass is 251 g/mol. The molecule has 0 amide bonds. The van der Waals surface area contributed by atoms with E-state index in [0.717, 1.165) is 11.1 Å². The van der Waals surface area contributed by atoms with Crippen LogP contribution in [0.1, 0.15) is 23.6 Å². The van der Waals surface area contributed by atoms with Crippen molar-refractivity contribution in [1.82, 2.24) is 4.90 Å². The largest absolute Gasteiger partial charge is 0.507 e. The Labute approximate surface area is 108 Å². The topological polar surface area (TPSA) is 60.8 Å². The zero-order chi connectivity index (χ0) is 13.9. The van der Waals surface area contributed by atoms with Crippen LogP contribution in [-0.2, 0) is 17.8 Å². The number of hydrogen-bond acceptors (Lipinski definition) is 3. The molecule has 0 spiro atoms. The SMILES string of the molecule is Cc1cc(CC(C)C(=O)O)c(O)c(CN(C)C)c1. The summed E-state index contributed by atoms with van der Waals surface area (Å²) in [5, 5.41) is 19.1. The lowest BCUT2D eigenvalue weighted by Gasteiger charge is -2.16. The second-order valence-corrected chi connectivity index (χ2v) is 5.11. The first-order valence-corrected chi connectivity index (χ1v) is 6.00. The van der Waals surface area contributed by atoms with Gasteiger partial charge in [-0.25, -0.2) is 0 Å². The van der Waals surface area contributed by atoms with Gasteiger partial charge in [-0.3, -0.25) is 4.79 Å². The number of carbonyl (C=O) groups is 1. The Bertz CT molecular complexity index is 441. The van der Waals surface area contributed by atoms with E-state index < -0.39 is 11.9 Å². The van der Waals surface area contributed by atoms with Gasteiger partial charge < -0.3 is 15.1 Å². The van der Waals surface area contributed by atoms with Crippen LogP contribution in [0, 0.1) is 12.8 Å². The lowest BCUT2D eigenvalue weighted by Crippen LogP contribution is -2.14. The zero-order valence-electron chi connectivity index (χ0n) is 11.4. The van der Waals surface area contributed by atoms with Crippen molar-refractivity contribution < 1.29 is 15.0 Å². The Hall–Kier alpha value is -1.55. The average molecular weight is 251 g/mol. The molecule has 0 aromatic heterocycles. The molecule has 0 saturated carbocycles. The summed E-state index contributed by atoms with van der Waals surface area (Å²) in [6.45, 7) is 4.24. The number of phenols is 1. The maximum atomic E-state index is 10.9. The molecular weight excluding hydrogens is 230 g/mol. The van der Waals surface area contributed by atoms with Crippen LogP contribution in [-0.4, -0.2) is 35.2 Å². The number of benzene rings is 1. The van der Waals surface area contributed by atoms with Crippen LogP contribution in [0.15, 0.2) is 12.1 Å². The fourth-order valence-electron chi connectivity index (χ4n) is 1.97. The fourth-order valence-corrected chi connectivity index (χ4v) is 1.97. The van der Waals surface area contributed by atoms with Crippen molar-refractivity contribution in [1.29, 1.82) is 0 Å². The number of rotatable bonds is 5. The summed E-state index contributed by atoms with van der Waals surface area (Å²) in [7, 11) is 3.86. The van der Waals surface area contributed by atoms with E-state index in [1.54, 1.807) is 6.92 Å². The number of phenolic OH excluding ortho intramolecular Hbond substituents is 1. The predicted molar refractivity (Wildman–Crippen MR) is 70.7 cm³/mol. The fraction of sp³-hybridized carbons (Fsp3) is 0.500. The molecule has 0 aliphatic rings. The highest BCUT2D eigenvalue weighted by Gasteiger charge is 2.16. The highest BCUT2D eigenvalue weighted by Crippen LogP contribution is 2.27. The second kappa shape index (κ2) is 5.87. The summed E-state index contributed by atoms with van der Waals surface area (Å²) < 4.78 is 0. The lowest BCUT2D eigenvalue weighted by atomic mass is 9.96. The van der Waals surface area contributed by atoms with E-state index in [4.69, 9.17) is 5.11 Å². The molecular formula is C14H21NO3. The first-order chi connectivity index (χ1) is 8.31. The van der Waals surface area contributed by atoms with Crippen molar-refractivity contribution in [2.45, 2.75) is 26.8 Å². The van der Waals surface area contributed by atoms with Crippen LogP contribution in [0.2, 0.25) is 0 Å². The van der Waals surface area contributed by atoms with Crippen LogP contribution in [0.5, 0.6) is 5.75 Å². The van der Waals surface area contributed by atoms with E-state index in [2.05, 4.69) is 0 Å². The highest BCUT2D eigenvalue weighted by molar-refractivity contribution is 5.70. The van der Waals surface area contributed by atoms with Crippen molar-refractivity contribution in [2.75, 3.05) is 14.1 Å². The van der Waals surface area contributed by atoms with E-state index in [9.17, 15) is 9.90 Å². The first kappa shape index (κ1) is 14.5. The van der Waals surface area contributed by atoms with Gasteiger partial charge in [0.2, 0.25) is 0 Å². The molecule has 0 heterocycles. The van der Waals surface area contributed by atoms with Crippen LogP contribution in [0.4, 0.5) is 0 Å². The highest BCUT2D eigenvalue weighted by atomic mass is 16.4. The molecule has 0 bridgehead atoms. The number of carboxylic acid groups (broad SMARTS) is 1. The lowest BCUT2D eigenvalue weighted by molar-refractivity contribution is -0.141. The molecule has 1 aromatic carbocycles. The number of carboxylic acids is 1. The summed E-state index contributed by atoms with van der Waals surface area (Å²) in [6, 6.07) is 3.79. The third kappa shape index (κ3) is 3.74. The molecule has 4 nitrogen and oxygen atoms in total. The van der Waals surface area contributed by atoms with E-state index >= 15 is 0 Å². The molecule has 0 aliphatic heterocycles. The van der Waals surface area contributed by atoms with E-state index in [0.29, 0.717) is 18.5 Å². The minimum atomic E-state index is -0.843. The Morgan fingerprint density at radius 1 is 1.33 bits per heavy atom. The minimum absolute atomic E-state index is 0.224. The Morgan fingerprint density at radius 3 is 2.39 bits per heavy atom. The zero-order valence-corrected chi connectivity index (χ0v) is 11.4. The molecule has 0 radical (unpaired) electrons. The van der Waals surface area contributed by atoms with Crippen molar-refractivity contribution in [2.24, 2.45) is 5.92 Å². The van der Waals surface area contributed by atoms with Gasteiger partial charge in [-0.1, -0.05) is 24.6 Å². The molecule has 1 rings (SSSR count). The maximum absolute atomic E-state index is 10.9. The first-order valence-electron chi connectivity index (χ1n) is 6.00. The van der Waals surface area contributed by atoms with Gasteiger partial charge in [-0.2, -0.15) is 0 Å². The Morgan fingerprint density at radius 2 is 1.89 bits per heavy atom. The number of aromatic hydroxyl groups is 1. The molecule has 18 heavy (non-hydrogen) atoms. The van der Waals surface area contributed by atoms with E-state index in [1.165, 1.54) is 0 Å². The van der Waals surface area contributed by atoms with Crippen molar-refractivity contribution in [3.8, 4) is 5.75 Å². The number of aliphatic carboxylic acids is 1. The predicted octanol–water partition coefficient (Wildman–Crippen LogP) is 2.03. The molecule has 0 saturated heterocycles. The number of hydrogen-bond donors (Lipinski definition) is 2. The Balaban J connectivity index is 3.04. The number of nitrogens with zero attached hydrogens (tertiary/aromatic N) is 1. The van der Waals surface area contributed by atoms with Crippen LogP contribution in [0.25, 0.3) is 0 Å².